The first-order chi connectivity index (χ1) is 12.7. The maximum absolute atomic E-state index is 12.5. The van der Waals surface area contributed by atoms with E-state index in [0.29, 0.717) is 11.5 Å². The van der Waals surface area contributed by atoms with Crippen LogP contribution in [0.15, 0.2) is 6.07 Å². The molecule has 3 rings (SSSR count). The second kappa shape index (κ2) is 6.87. The molecule has 1 fully saturated rings. The molecule has 0 radical (unpaired) electrons. The van der Waals surface area contributed by atoms with Crippen molar-refractivity contribution in [3.8, 4) is 12.0 Å². The van der Waals surface area contributed by atoms with Gasteiger partial charge in [0.15, 0.2) is 0 Å². The third-order valence-corrected chi connectivity index (χ3v) is 4.13. The summed E-state index contributed by atoms with van der Waals surface area (Å²) in [6.07, 6.45) is 2.15. The van der Waals surface area contributed by atoms with Gasteiger partial charge in [-0.1, -0.05) is 0 Å². The minimum Gasteiger partial charge on any atom is -0.456 e. The Kier molecular flexibility index (Phi) is 4.74. The predicted octanol–water partition coefficient (Wildman–Crippen LogP) is 1.98. The molecule has 3 heterocycles. The van der Waals surface area contributed by atoms with Crippen LogP contribution >= 0.6 is 0 Å². The summed E-state index contributed by atoms with van der Waals surface area (Å²) in [5, 5.41) is 13.6. The average molecular weight is 369 g/mol. The molecule has 1 aliphatic rings. The van der Waals surface area contributed by atoms with Crippen molar-refractivity contribution in [3.05, 3.63) is 23.0 Å². The summed E-state index contributed by atoms with van der Waals surface area (Å²) in [4.78, 5) is 23.3. The third-order valence-electron chi connectivity index (χ3n) is 4.13. The first kappa shape index (κ1) is 18.6. The summed E-state index contributed by atoms with van der Waals surface area (Å²) in [7, 11) is 0. The van der Waals surface area contributed by atoms with Crippen LogP contribution in [0.4, 0.5) is 11.6 Å². The predicted molar refractivity (Wildman–Crippen MR) is 99.6 cm³/mol. The number of anilines is 2. The highest BCUT2D eigenvalue weighted by Crippen LogP contribution is 2.25. The van der Waals surface area contributed by atoms with Crippen molar-refractivity contribution in [2.45, 2.75) is 46.1 Å². The highest BCUT2D eigenvalue weighted by molar-refractivity contribution is 5.96. The molecule has 1 aliphatic heterocycles. The van der Waals surface area contributed by atoms with E-state index in [9.17, 15) is 10.1 Å². The number of nitrogens with two attached hydrogens (primary N) is 1. The molecule has 0 spiro atoms. The van der Waals surface area contributed by atoms with Crippen molar-refractivity contribution in [2.24, 2.45) is 0 Å². The largest absolute Gasteiger partial charge is 0.456 e. The van der Waals surface area contributed by atoms with E-state index in [1.165, 1.54) is 4.68 Å². The highest BCUT2D eigenvalue weighted by atomic mass is 16.6. The summed E-state index contributed by atoms with van der Waals surface area (Å²) in [6, 6.07) is 3.69. The Morgan fingerprint density at radius 2 is 1.96 bits per heavy atom. The molecule has 0 atom stereocenters. The number of nitrogen functional groups attached to an aromatic ring is 1. The number of esters is 1. The number of nitrogens with zero attached hydrogens (tertiary/aromatic N) is 6. The Bertz CT molecular complexity index is 915. The number of rotatable bonds is 3. The number of aryl methyl sites for hydroxylation is 1. The molecule has 27 heavy (non-hydrogen) atoms. The minimum atomic E-state index is -0.655. The van der Waals surface area contributed by atoms with Gasteiger partial charge in [-0.25, -0.2) is 4.79 Å². The first-order valence-corrected chi connectivity index (χ1v) is 8.82. The van der Waals surface area contributed by atoms with Gasteiger partial charge < -0.3 is 15.4 Å². The third kappa shape index (κ3) is 3.84. The van der Waals surface area contributed by atoms with E-state index in [4.69, 9.17) is 10.5 Å². The van der Waals surface area contributed by atoms with Gasteiger partial charge in [-0.3, -0.25) is 0 Å². The standard InChI is InChI=1S/C18H23N7O2/c1-11-14(16(26)27-18(2,3)4)15(20)25(23-11)17-21-12(10-19)9-13(22-17)24-7-5-6-8-24/h9H,5-8,20H2,1-4H3. The van der Waals surface area contributed by atoms with E-state index < -0.39 is 11.6 Å². The number of hydrogen-bond donors (Lipinski definition) is 1. The van der Waals surface area contributed by atoms with Crippen molar-refractivity contribution in [3.63, 3.8) is 0 Å². The van der Waals surface area contributed by atoms with Gasteiger partial charge in [0.1, 0.15) is 34.6 Å². The first-order valence-electron chi connectivity index (χ1n) is 8.82. The van der Waals surface area contributed by atoms with Crippen molar-refractivity contribution in [1.29, 1.82) is 5.26 Å². The van der Waals surface area contributed by atoms with Gasteiger partial charge in [-0.2, -0.15) is 25.0 Å². The molecule has 9 heteroatoms. The van der Waals surface area contributed by atoms with E-state index in [1.807, 2.05) is 6.07 Å². The highest BCUT2D eigenvalue weighted by Gasteiger charge is 2.27. The Balaban J connectivity index is 2.04. The van der Waals surface area contributed by atoms with E-state index in [1.54, 1.807) is 33.8 Å². The number of carbonyl (C=O) groups excluding carboxylic acids is 1. The SMILES string of the molecule is Cc1nn(-c2nc(C#N)cc(N3CCCC3)n2)c(N)c1C(=O)OC(C)(C)C. The zero-order chi connectivity index (χ0) is 19.8. The maximum atomic E-state index is 12.5. The van der Waals surface area contributed by atoms with Crippen LogP contribution in [0.3, 0.4) is 0 Å². The van der Waals surface area contributed by atoms with Crippen LogP contribution < -0.4 is 10.6 Å². The summed E-state index contributed by atoms with van der Waals surface area (Å²) >= 11 is 0. The number of hydrogen-bond acceptors (Lipinski definition) is 8. The molecule has 0 aromatic carbocycles. The second-order valence-corrected chi connectivity index (χ2v) is 7.48. The molecule has 2 aromatic heterocycles. The summed E-state index contributed by atoms with van der Waals surface area (Å²) in [5.41, 5.74) is 6.33. The Morgan fingerprint density at radius 3 is 2.56 bits per heavy atom. The van der Waals surface area contributed by atoms with Crippen LogP contribution in [0.1, 0.15) is 55.4 Å². The van der Waals surface area contributed by atoms with E-state index in [-0.39, 0.29) is 23.0 Å². The minimum absolute atomic E-state index is 0.0872. The lowest BCUT2D eigenvalue weighted by Crippen LogP contribution is -2.24. The van der Waals surface area contributed by atoms with Crippen LogP contribution in [-0.4, -0.2) is 44.4 Å². The second-order valence-electron chi connectivity index (χ2n) is 7.48. The molecule has 142 valence electrons. The lowest BCUT2D eigenvalue weighted by atomic mass is 10.2. The lowest BCUT2D eigenvalue weighted by molar-refractivity contribution is 0.00700. The monoisotopic (exact) mass is 369 g/mol. The van der Waals surface area contributed by atoms with Crippen molar-refractivity contribution < 1.29 is 9.53 Å². The normalized spacial score (nSPS) is 14.3. The molecule has 0 saturated carbocycles. The molecule has 1 saturated heterocycles. The molecule has 0 unspecified atom stereocenters. The van der Waals surface area contributed by atoms with Crippen LogP contribution in [0.2, 0.25) is 0 Å². The topological polar surface area (TPSA) is 123 Å². The van der Waals surface area contributed by atoms with Gasteiger partial charge in [0.05, 0.1) is 5.69 Å². The van der Waals surface area contributed by atoms with Gasteiger partial charge in [-0.05, 0) is 40.5 Å². The van der Waals surface area contributed by atoms with Gasteiger partial charge >= 0.3 is 5.97 Å². The van der Waals surface area contributed by atoms with Crippen LogP contribution in [-0.2, 0) is 4.74 Å². The Morgan fingerprint density at radius 1 is 1.30 bits per heavy atom. The molecular weight excluding hydrogens is 346 g/mol. The summed E-state index contributed by atoms with van der Waals surface area (Å²) in [6.45, 7) is 8.76. The van der Waals surface area contributed by atoms with Gasteiger partial charge in [0, 0.05) is 19.2 Å². The number of nitriles is 1. The molecule has 0 aliphatic carbocycles. The van der Waals surface area contributed by atoms with Gasteiger partial charge in [-0.15, -0.1) is 0 Å². The molecule has 0 amide bonds. The Hall–Kier alpha value is -3.15. The average Bonchev–Trinajstić information content (AvgIpc) is 3.21. The smallest absolute Gasteiger partial charge is 0.344 e. The quantitative estimate of drug-likeness (QED) is 0.815. The van der Waals surface area contributed by atoms with Gasteiger partial charge in [0.2, 0.25) is 0 Å². The number of ether oxygens (including phenoxy) is 1. The van der Waals surface area contributed by atoms with E-state index >= 15 is 0 Å². The fraction of sp³-hybridized carbons (Fsp3) is 0.500. The molecule has 0 bridgehead atoms. The fourth-order valence-electron chi connectivity index (χ4n) is 2.96. The number of aromatic nitrogens is 4. The van der Waals surface area contributed by atoms with Crippen molar-refractivity contribution in [2.75, 3.05) is 23.7 Å². The van der Waals surface area contributed by atoms with E-state index in [0.717, 1.165) is 25.9 Å². The number of carbonyl (C=O) groups is 1. The maximum Gasteiger partial charge on any atom is 0.344 e. The van der Waals surface area contributed by atoms with E-state index in [2.05, 4.69) is 20.0 Å². The Labute approximate surface area is 157 Å². The van der Waals surface area contributed by atoms with Gasteiger partial charge in [0.25, 0.3) is 5.95 Å². The molecule has 9 nitrogen and oxygen atoms in total. The summed E-state index contributed by atoms with van der Waals surface area (Å²) < 4.78 is 6.70. The molecule has 2 aromatic rings. The zero-order valence-electron chi connectivity index (χ0n) is 16.0. The molecule has 2 N–H and O–H groups in total. The van der Waals surface area contributed by atoms with Crippen molar-refractivity contribution >= 4 is 17.6 Å². The van der Waals surface area contributed by atoms with Crippen LogP contribution in [0.25, 0.3) is 5.95 Å². The van der Waals surface area contributed by atoms with Crippen molar-refractivity contribution in [1.82, 2.24) is 19.7 Å². The lowest BCUT2D eigenvalue weighted by Gasteiger charge is -2.19. The summed E-state index contributed by atoms with van der Waals surface area (Å²) in [5.74, 6) is 0.343. The zero-order valence-corrected chi connectivity index (χ0v) is 16.0. The van der Waals surface area contributed by atoms with Crippen LogP contribution in [0.5, 0.6) is 0 Å². The molecular formula is C18H23N7O2. The fourth-order valence-corrected chi connectivity index (χ4v) is 2.96. The van der Waals surface area contributed by atoms with Crippen LogP contribution in [0, 0.1) is 18.3 Å².